The van der Waals surface area contributed by atoms with Crippen LogP contribution in [-0.4, -0.2) is 35.6 Å². The number of carbonyl (C=O) groups excluding carboxylic acids is 1. The number of methoxy groups -OCH3 is 1. The number of para-hydroxylation sites is 2. The third-order valence-corrected chi connectivity index (χ3v) is 4.95. The molecule has 1 saturated heterocycles. The van der Waals surface area contributed by atoms with Gasteiger partial charge in [0, 0.05) is 19.0 Å². The fraction of sp³-hybridized carbons (Fsp3) is 0.381. The molecular formula is C21H25NO3. The van der Waals surface area contributed by atoms with E-state index in [1.54, 1.807) is 19.2 Å². The predicted octanol–water partition coefficient (Wildman–Crippen LogP) is 3.57. The number of hydrogen-bond acceptors (Lipinski definition) is 3. The molecule has 1 amide bonds. The second kappa shape index (κ2) is 8.06. The van der Waals surface area contributed by atoms with E-state index in [-0.39, 0.29) is 17.7 Å². The number of phenols is 1. The normalized spacial score (nSPS) is 16.8. The van der Waals surface area contributed by atoms with Crippen molar-refractivity contribution >= 4 is 5.91 Å². The first kappa shape index (κ1) is 17.3. The largest absolute Gasteiger partial charge is 0.508 e. The summed E-state index contributed by atoms with van der Waals surface area (Å²) in [6, 6.07) is 15.5. The number of amides is 1. The van der Waals surface area contributed by atoms with E-state index in [0.717, 1.165) is 42.7 Å². The lowest BCUT2D eigenvalue weighted by atomic mass is 10.0. The lowest BCUT2D eigenvalue weighted by Crippen LogP contribution is -2.37. The van der Waals surface area contributed by atoms with Crippen LogP contribution in [0.15, 0.2) is 48.5 Å². The summed E-state index contributed by atoms with van der Waals surface area (Å²) in [4.78, 5) is 14.7. The molecule has 0 radical (unpaired) electrons. The van der Waals surface area contributed by atoms with E-state index >= 15 is 0 Å². The predicted molar refractivity (Wildman–Crippen MR) is 97.9 cm³/mol. The zero-order chi connectivity index (χ0) is 17.6. The topological polar surface area (TPSA) is 49.8 Å². The maximum absolute atomic E-state index is 12.7. The van der Waals surface area contributed by atoms with Crippen molar-refractivity contribution in [1.29, 1.82) is 0 Å². The summed E-state index contributed by atoms with van der Waals surface area (Å²) < 4.78 is 5.44. The van der Waals surface area contributed by atoms with Crippen LogP contribution in [0.25, 0.3) is 0 Å². The molecule has 2 aromatic rings. The molecule has 1 fully saturated rings. The minimum Gasteiger partial charge on any atom is -0.508 e. The summed E-state index contributed by atoms with van der Waals surface area (Å²) in [5.41, 5.74) is 1.98. The molecular weight excluding hydrogens is 314 g/mol. The number of carbonyl (C=O) groups is 1. The van der Waals surface area contributed by atoms with Crippen molar-refractivity contribution in [2.24, 2.45) is 0 Å². The molecule has 25 heavy (non-hydrogen) atoms. The molecule has 0 aromatic heterocycles. The number of phenolic OH excluding ortho intramolecular Hbond substituents is 1. The standard InChI is InChI=1S/C21H25NO3/c1-25-20-11-5-3-8-17(20)15-18-9-6-14-22(18)21(24)13-12-16-7-2-4-10-19(16)23/h2-5,7-8,10-11,18,23H,6,9,12-15H2,1H3/t18-/m1/s1. The first-order valence-electron chi connectivity index (χ1n) is 8.87. The van der Waals surface area contributed by atoms with E-state index in [2.05, 4.69) is 6.07 Å². The van der Waals surface area contributed by atoms with Crippen LogP contribution in [0.3, 0.4) is 0 Å². The summed E-state index contributed by atoms with van der Waals surface area (Å²) in [6.45, 7) is 0.819. The zero-order valence-corrected chi connectivity index (χ0v) is 14.6. The fourth-order valence-electron chi connectivity index (χ4n) is 3.61. The number of aromatic hydroxyl groups is 1. The van der Waals surface area contributed by atoms with Gasteiger partial charge in [0.05, 0.1) is 7.11 Å². The monoisotopic (exact) mass is 339 g/mol. The molecule has 4 heteroatoms. The number of likely N-dealkylation sites (tertiary alicyclic amines) is 1. The Hall–Kier alpha value is -2.49. The molecule has 1 atom stereocenters. The molecule has 0 saturated carbocycles. The van der Waals surface area contributed by atoms with Crippen LogP contribution in [0.1, 0.15) is 30.4 Å². The third kappa shape index (κ3) is 4.13. The Balaban J connectivity index is 1.63. The molecule has 0 spiro atoms. The van der Waals surface area contributed by atoms with E-state index in [1.807, 2.05) is 35.2 Å². The lowest BCUT2D eigenvalue weighted by molar-refractivity contribution is -0.131. The van der Waals surface area contributed by atoms with Crippen molar-refractivity contribution in [1.82, 2.24) is 4.90 Å². The molecule has 132 valence electrons. The number of rotatable bonds is 6. The molecule has 1 N–H and O–H groups in total. The highest BCUT2D eigenvalue weighted by atomic mass is 16.5. The van der Waals surface area contributed by atoms with E-state index < -0.39 is 0 Å². The summed E-state index contributed by atoms with van der Waals surface area (Å²) in [6.07, 6.45) is 3.90. The van der Waals surface area contributed by atoms with Crippen LogP contribution >= 0.6 is 0 Å². The Morgan fingerprint density at radius 3 is 2.64 bits per heavy atom. The van der Waals surface area contributed by atoms with Gasteiger partial charge in [0.2, 0.25) is 5.91 Å². The quantitative estimate of drug-likeness (QED) is 0.875. The first-order chi connectivity index (χ1) is 12.2. The van der Waals surface area contributed by atoms with Gasteiger partial charge in [-0.25, -0.2) is 0 Å². The molecule has 4 nitrogen and oxygen atoms in total. The van der Waals surface area contributed by atoms with Crippen molar-refractivity contribution in [2.75, 3.05) is 13.7 Å². The molecule has 0 aliphatic carbocycles. The van der Waals surface area contributed by atoms with Gasteiger partial charge in [0.15, 0.2) is 0 Å². The van der Waals surface area contributed by atoms with Gasteiger partial charge >= 0.3 is 0 Å². The van der Waals surface area contributed by atoms with Gasteiger partial charge in [0.1, 0.15) is 11.5 Å². The van der Waals surface area contributed by atoms with Crippen molar-refractivity contribution in [3.8, 4) is 11.5 Å². The minimum absolute atomic E-state index is 0.167. The van der Waals surface area contributed by atoms with Gasteiger partial charge in [-0.3, -0.25) is 4.79 Å². The van der Waals surface area contributed by atoms with Gasteiger partial charge < -0.3 is 14.7 Å². The van der Waals surface area contributed by atoms with Crippen LogP contribution in [-0.2, 0) is 17.6 Å². The Labute approximate surface area is 149 Å². The van der Waals surface area contributed by atoms with Crippen molar-refractivity contribution in [3.63, 3.8) is 0 Å². The minimum atomic E-state index is 0.167. The molecule has 1 aliphatic rings. The van der Waals surface area contributed by atoms with E-state index in [1.165, 1.54) is 0 Å². The average Bonchev–Trinajstić information content (AvgIpc) is 3.09. The number of nitrogens with zero attached hydrogens (tertiary/aromatic N) is 1. The van der Waals surface area contributed by atoms with Crippen LogP contribution in [0.5, 0.6) is 11.5 Å². The maximum atomic E-state index is 12.7. The van der Waals surface area contributed by atoms with Gasteiger partial charge in [0.25, 0.3) is 0 Å². The fourth-order valence-corrected chi connectivity index (χ4v) is 3.61. The highest BCUT2D eigenvalue weighted by Crippen LogP contribution is 2.27. The van der Waals surface area contributed by atoms with Crippen LogP contribution in [0.2, 0.25) is 0 Å². The summed E-state index contributed by atoms with van der Waals surface area (Å²) >= 11 is 0. The zero-order valence-electron chi connectivity index (χ0n) is 14.6. The second-order valence-corrected chi connectivity index (χ2v) is 6.53. The molecule has 0 bridgehead atoms. The molecule has 1 heterocycles. The van der Waals surface area contributed by atoms with Gasteiger partial charge in [-0.05, 0) is 48.9 Å². The summed E-state index contributed by atoms with van der Waals surface area (Å²) in [7, 11) is 1.68. The van der Waals surface area contributed by atoms with Crippen LogP contribution in [0.4, 0.5) is 0 Å². The van der Waals surface area contributed by atoms with Crippen LogP contribution in [0, 0.1) is 0 Å². The second-order valence-electron chi connectivity index (χ2n) is 6.53. The number of ether oxygens (including phenoxy) is 1. The van der Waals surface area contributed by atoms with Crippen molar-refractivity contribution in [2.45, 2.75) is 38.1 Å². The summed E-state index contributed by atoms with van der Waals surface area (Å²) in [5.74, 6) is 1.32. The van der Waals surface area contributed by atoms with Gasteiger partial charge in [-0.15, -0.1) is 0 Å². The van der Waals surface area contributed by atoms with E-state index in [9.17, 15) is 9.90 Å². The van der Waals surface area contributed by atoms with Gasteiger partial charge in [-0.2, -0.15) is 0 Å². The average molecular weight is 339 g/mol. The Kier molecular flexibility index (Phi) is 5.59. The Bertz CT molecular complexity index is 729. The van der Waals surface area contributed by atoms with Crippen LogP contribution < -0.4 is 4.74 Å². The van der Waals surface area contributed by atoms with Gasteiger partial charge in [-0.1, -0.05) is 36.4 Å². The lowest BCUT2D eigenvalue weighted by Gasteiger charge is -2.25. The highest BCUT2D eigenvalue weighted by molar-refractivity contribution is 5.77. The Morgan fingerprint density at radius 1 is 1.16 bits per heavy atom. The molecule has 0 unspecified atom stereocenters. The number of aryl methyl sites for hydroxylation is 1. The molecule has 2 aromatic carbocycles. The molecule has 1 aliphatic heterocycles. The summed E-state index contributed by atoms with van der Waals surface area (Å²) in [5, 5.41) is 9.85. The Morgan fingerprint density at radius 2 is 1.88 bits per heavy atom. The maximum Gasteiger partial charge on any atom is 0.223 e. The van der Waals surface area contributed by atoms with Crippen molar-refractivity contribution in [3.05, 3.63) is 59.7 Å². The SMILES string of the molecule is COc1ccccc1C[C@H]1CCCN1C(=O)CCc1ccccc1O. The number of hydrogen-bond donors (Lipinski definition) is 1. The van der Waals surface area contributed by atoms with Crippen molar-refractivity contribution < 1.29 is 14.6 Å². The smallest absolute Gasteiger partial charge is 0.223 e. The highest BCUT2D eigenvalue weighted by Gasteiger charge is 2.29. The van der Waals surface area contributed by atoms with E-state index in [0.29, 0.717) is 12.8 Å². The first-order valence-corrected chi connectivity index (χ1v) is 8.87. The third-order valence-electron chi connectivity index (χ3n) is 4.95. The number of benzene rings is 2. The van der Waals surface area contributed by atoms with E-state index in [4.69, 9.17) is 4.74 Å². The molecule has 3 rings (SSSR count).